The number of nitrogens with one attached hydrogen (secondary N) is 1. The van der Waals surface area contributed by atoms with Gasteiger partial charge < -0.3 is 15.5 Å². The van der Waals surface area contributed by atoms with E-state index in [2.05, 4.69) is 34.9 Å². The van der Waals surface area contributed by atoms with Crippen molar-refractivity contribution >= 4 is 40.6 Å². The zero-order chi connectivity index (χ0) is 31.2. The lowest BCUT2D eigenvalue weighted by atomic mass is 10.1. The number of hydrogen-bond acceptors (Lipinski definition) is 10. The summed E-state index contributed by atoms with van der Waals surface area (Å²) in [4.78, 5) is 50.5. The molecule has 0 aliphatic carbocycles. The Morgan fingerprint density at radius 2 is 1.64 bits per heavy atom. The van der Waals surface area contributed by atoms with Crippen molar-refractivity contribution < 1.29 is 14.3 Å². The summed E-state index contributed by atoms with van der Waals surface area (Å²) >= 11 is 0. The van der Waals surface area contributed by atoms with Crippen LogP contribution in [-0.4, -0.2) is 58.3 Å². The number of imidazole rings is 2. The molecule has 5 heterocycles. The predicted molar refractivity (Wildman–Crippen MR) is 165 cm³/mol. The van der Waals surface area contributed by atoms with Crippen molar-refractivity contribution in [3.8, 4) is 28.6 Å². The normalized spacial score (nSPS) is 14.8. The van der Waals surface area contributed by atoms with Gasteiger partial charge in [-0.2, -0.15) is 5.26 Å². The number of hydrogen-bond donors (Lipinski definition) is 2. The summed E-state index contributed by atoms with van der Waals surface area (Å²) in [5.74, 6) is -0.749. The standard InChI is InChI=1S/C17H16N4O2.C15H10N6O/c22-9-12-4-6-13(7-5-12)15-16-17(19-10-18-15)21(11-20-16)14-3-1-2-8-23-14;16-6-11(14(17)22)5-9-1-3-10(4-2-9)12-13-15(20-7-18-12)21-8-19-13/h4-7,9-11,14H,1-3,8H2;1-5,7-8H,(H2,17,22)(H,18,19,20,21)/b;11-5+. The Labute approximate surface area is 256 Å². The van der Waals surface area contributed by atoms with Gasteiger partial charge in [-0.15, -0.1) is 0 Å². The molecular weight excluding hydrogens is 572 g/mol. The maximum absolute atomic E-state index is 11.0. The number of nitriles is 1. The van der Waals surface area contributed by atoms with E-state index in [4.69, 9.17) is 15.7 Å². The number of primary amides is 1. The number of aromatic amines is 1. The van der Waals surface area contributed by atoms with E-state index < -0.39 is 5.91 Å². The van der Waals surface area contributed by atoms with Crippen molar-refractivity contribution in [2.45, 2.75) is 25.5 Å². The van der Waals surface area contributed by atoms with Gasteiger partial charge in [0.25, 0.3) is 5.91 Å². The third-order valence-corrected chi connectivity index (χ3v) is 7.25. The molecule has 0 saturated carbocycles. The number of rotatable bonds is 6. The Kier molecular flexibility index (Phi) is 8.38. The molecule has 1 atom stereocenters. The monoisotopic (exact) mass is 598 g/mol. The van der Waals surface area contributed by atoms with Gasteiger partial charge in [0.15, 0.2) is 11.3 Å². The van der Waals surface area contributed by atoms with Crippen molar-refractivity contribution in [1.82, 2.24) is 39.5 Å². The van der Waals surface area contributed by atoms with E-state index in [1.165, 1.54) is 12.4 Å². The van der Waals surface area contributed by atoms with Crippen LogP contribution in [0, 0.1) is 11.3 Å². The van der Waals surface area contributed by atoms with Gasteiger partial charge in [-0.25, -0.2) is 29.9 Å². The summed E-state index contributed by atoms with van der Waals surface area (Å²) in [6.45, 7) is 0.773. The predicted octanol–water partition coefficient (Wildman–Crippen LogP) is 4.42. The van der Waals surface area contributed by atoms with Crippen LogP contribution in [0.15, 0.2) is 79.4 Å². The van der Waals surface area contributed by atoms with Gasteiger partial charge >= 0.3 is 0 Å². The summed E-state index contributed by atoms with van der Waals surface area (Å²) in [5.41, 5.74) is 12.5. The molecule has 0 radical (unpaired) electrons. The number of aldehydes is 1. The summed E-state index contributed by atoms with van der Waals surface area (Å²) in [6, 6.07) is 16.3. The van der Waals surface area contributed by atoms with Gasteiger partial charge in [-0.1, -0.05) is 48.5 Å². The highest BCUT2D eigenvalue weighted by Gasteiger charge is 2.20. The number of benzene rings is 2. The fraction of sp³-hybridized carbons (Fsp3) is 0.156. The maximum atomic E-state index is 11.0. The first kappa shape index (κ1) is 29.0. The van der Waals surface area contributed by atoms with Gasteiger partial charge in [-0.3, -0.25) is 14.2 Å². The van der Waals surface area contributed by atoms with E-state index in [9.17, 15) is 9.59 Å². The molecule has 1 fully saturated rings. The highest BCUT2D eigenvalue weighted by molar-refractivity contribution is 6.00. The van der Waals surface area contributed by atoms with Crippen LogP contribution >= 0.6 is 0 Å². The molecule has 7 rings (SSSR count). The Morgan fingerprint density at radius 3 is 2.33 bits per heavy atom. The molecule has 1 aliphatic heterocycles. The first-order valence-electron chi connectivity index (χ1n) is 14.1. The number of nitrogens with zero attached hydrogens (tertiary/aromatic N) is 8. The number of aromatic nitrogens is 8. The van der Waals surface area contributed by atoms with Crippen LogP contribution in [-0.2, 0) is 9.53 Å². The van der Waals surface area contributed by atoms with Crippen LogP contribution in [0.5, 0.6) is 0 Å². The van der Waals surface area contributed by atoms with Gasteiger partial charge in [0.1, 0.15) is 53.5 Å². The van der Waals surface area contributed by atoms with Crippen LogP contribution in [0.25, 0.3) is 50.9 Å². The van der Waals surface area contributed by atoms with Crippen LogP contribution < -0.4 is 5.73 Å². The van der Waals surface area contributed by atoms with E-state index in [0.29, 0.717) is 16.8 Å². The minimum atomic E-state index is -0.749. The fourth-order valence-electron chi connectivity index (χ4n) is 4.98. The second kappa shape index (κ2) is 13.0. The molecule has 0 bridgehead atoms. The van der Waals surface area contributed by atoms with Gasteiger partial charge in [0.05, 0.1) is 18.3 Å². The third kappa shape index (κ3) is 6.17. The molecule has 1 saturated heterocycles. The Bertz CT molecular complexity index is 2050. The molecule has 1 unspecified atom stereocenters. The Hall–Kier alpha value is -6.13. The quantitative estimate of drug-likeness (QED) is 0.158. The summed E-state index contributed by atoms with van der Waals surface area (Å²) in [6.07, 6.45) is 11.8. The molecular formula is C32H26N10O3. The summed E-state index contributed by atoms with van der Waals surface area (Å²) < 4.78 is 7.82. The van der Waals surface area contributed by atoms with Gasteiger partial charge in [0.2, 0.25) is 0 Å². The van der Waals surface area contributed by atoms with Crippen molar-refractivity contribution in [1.29, 1.82) is 5.26 Å². The number of carbonyl (C=O) groups excluding carboxylic acids is 2. The van der Waals surface area contributed by atoms with Crippen LogP contribution in [0.2, 0.25) is 0 Å². The minimum absolute atomic E-state index is 0.00561. The van der Waals surface area contributed by atoms with E-state index in [1.807, 2.05) is 28.8 Å². The molecule has 1 aliphatic rings. The number of H-pyrrole nitrogens is 1. The largest absolute Gasteiger partial charge is 0.365 e. The Balaban J connectivity index is 0.000000159. The van der Waals surface area contributed by atoms with E-state index >= 15 is 0 Å². The summed E-state index contributed by atoms with van der Waals surface area (Å²) in [7, 11) is 0. The van der Waals surface area contributed by atoms with Crippen LogP contribution in [0.4, 0.5) is 0 Å². The zero-order valence-electron chi connectivity index (χ0n) is 23.9. The third-order valence-electron chi connectivity index (χ3n) is 7.25. The lowest BCUT2D eigenvalue weighted by Crippen LogP contribution is -2.17. The molecule has 45 heavy (non-hydrogen) atoms. The maximum Gasteiger partial charge on any atom is 0.259 e. The SMILES string of the molecule is N#C/C(=C\c1ccc(-c2ncnc3nc[nH]c23)cc1)C(N)=O.O=Cc1ccc(-c2ncnc3c2ncn3C2CCCCO2)cc1. The second-order valence-corrected chi connectivity index (χ2v) is 10.1. The number of ether oxygens (including phenoxy) is 1. The molecule has 13 heteroatoms. The van der Waals surface area contributed by atoms with Crippen molar-refractivity contribution in [2.75, 3.05) is 6.61 Å². The lowest BCUT2D eigenvalue weighted by molar-refractivity contribution is -0.114. The van der Waals surface area contributed by atoms with Gasteiger partial charge in [-0.05, 0) is 30.9 Å². The average molecular weight is 599 g/mol. The molecule has 4 aromatic heterocycles. The van der Waals surface area contributed by atoms with E-state index in [1.54, 1.807) is 49.3 Å². The topological polar surface area (TPSA) is 191 Å². The zero-order valence-corrected chi connectivity index (χ0v) is 23.9. The molecule has 222 valence electrons. The van der Waals surface area contributed by atoms with Crippen molar-refractivity contribution in [3.05, 3.63) is 90.5 Å². The smallest absolute Gasteiger partial charge is 0.259 e. The van der Waals surface area contributed by atoms with Crippen LogP contribution in [0.3, 0.4) is 0 Å². The molecule has 1 amide bonds. The number of carbonyl (C=O) groups is 2. The lowest BCUT2D eigenvalue weighted by Gasteiger charge is -2.23. The Morgan fingerprint density at radius 1 is 0.933 bits per heavy atom. The van der Waals surface area contributed by atoms with Crippen LogP contribution in [0.1, 0.15) is 41.4 Å². The molecule has 0 spiro atoms. The van der Waals surface area contributed by atoms with E-state index in [0.717, 1.165) is 71.4 Å². The van der Waals surface area contributed by atoms with E-state index in [-0.39, 0.29) is 11.8 Å². The highest BCUT2D eigenvalue weighted by atomic mass is 16.5. The molecule has 3 N–H and O–H groups in total. The molecule has 2 aromatic carbocycles. The average Bonchev–Trinajstić information content (AvgIpc) is 3.76. The minimum Gasteiger partial charge on any atom is -0.365 e. The highest BCUT2D eigenvalue weighted by Crippen LogP contribution is 2.29. The second-order valence-electron chi connectivity index (χ2n) is 10.1. The number of fused-ring (bicyclic) bond motifs is 2. The fourth-order valence-corrected chi connectivity index (χ4v) is 4.98. The first-order valence-corrected chi connectivity index (χ1v) is 14.1. The van der Waals surface area contributed by atoms with Gasteiger partial charge in [0, 0.05) is 23.3 Å². The molecule has 13 nitrogen and oxygen atoms in total. The molecule has 6 aromatic rings. The number of nitrogens with two attached hydrogens (primary N) is 1. The summed E-state index contributed by atoms with van der Waals surface area (Å²) in [5, 5.41) is 8.84. The first-order chi connectivity index (χ1) is 22.1. The van der Waals surface area contributed by atoms with Crippen molar-refractivity contribution in [2.24, 2.45) is 5.73 Å². The van der Waals surface area contributed by atoms with Crippen molar-refractivity contribution in [3.63, 3.8) is 0 Å². The number of amides is 1.